The maximum absolute atomic E-state index is 12.4. The van der Waals surface area contributed by atoms with E-state index < -0.39 is 6.10 Å². The Morgan fingerprint density at radius 3 is 2.68 bits per heavy atom. The van der Waals surface area contributed by atoms with Crippen molar-refractivity contribution in [3.63, 3.8) is 0 Å². The van der Waals surface area contributed by atoms with Crippen LogP contribution in [0.15, 0.2) is 48.5 Å². The van der Waals surface area contributed by atoms with Gasteiger partial charge in [-0.1, -0.05) is 35.9 Å². The molecule has 0 radical (unpaired) electrons. The minimum Gasteiger partial charge on any atom is -0.479 e. The van der Waals surface area contributed by atoms with Crippen LogP contribution in [0.5, 0.6) is 5.75 Å². The minimum absolute atomic E-state index is 0.112. The topological polar surface area (TPSA) is 58.6 Å². The van der Waals surface area contributed by atoms with Gasteiger partial charge >= 0.3 is 0 Å². The summed E-state index contributed by atoms with van der Waals surface area (Å²) in [5.74, 6) is 0.416. The largest absolute Gasteiger partial charge is 0.479 e. The molecule has 5 nitrogen and oxygen atoms in total. The lowest BCUT2D eigenvalue weighted by Gasteiger charge is -2.32. The van der Waals surface area contributed by atoms with E-state index in [4.69, 9.17) is 16.3 Å². The van der Waals surface area contributed by atoms with Gasteiger partial charge in [-0.25, -0.2) is 0 Å². The van der Waals surface area contributed by atoms with Gasteiger partial charge < -0.3 is 15.0 Å². The van der Waals surface area contributed by atoms with Crippen LogP contribution < -0.4 is 15.0 Å². The number of hydrogen-bond acceptors (Lipinski definition) is 3. The van der Waals surface area contributed by atoms with Gasteiger partial charge in [0.05, 0.1) is 5.69 Å². The first-order chi connectivity index (χ1) is 12.0. The molecule has 0 aliphatic carbocycles. The Morgan fingerprint density at radius 1 is 1.20 bits per heavy atom. The molecule has 1 atom stereocenters. The summed E-state index contributed by atoms with van der Waals surface area (Å²) in [6.07, 6.45) is -0.326. The van der Waals surface area contributed by atoms with Gasteiger partial charge in [-0.3, -0.25) is 9.59 Å². The molecule has 0 fully saturated rings. The van der Waals surface area contributed by atoms with E-state index in [1.165, 1.54) is 0 Å². The lowest BCUT2D eigenvalue weighted by atomic mass is 10.1. The highest BCUT2D eigenvalue weighted by atomic mass is 35.5. The van der Waals surface area contributed by atoms with E-state index in [1.807, 2.05) is 36.4 Å². The molecule has 2 aromatic carbocycles. The fourth-order valence-corrected chi connectivity index (χ4v) is 2.82. The van der Waals surface area contributed by atoms with E-state index in [0.717, 1.165) is 5.56 Å². The summed E-state index contributed by atoms with van der Waals surface area (Å²) in [5.41, 5.74) is 1.68. The number of hydrogen-bond donors (Lipinski definition) is 1. The molecule has 0 bridgehead atoms. The van der Waals surface area contributed by atoms with Crippen molar-refractivity contribution in [1.29, 1.82) is 0 Å². The van der Waals surface area contributed by atoms with Gasteiger partial charge in [0.2, 0.25) is 5.91 Å². The number of amides is 2. The van der Waals surface area contributed by atoms with Gasteiger partial charge in [0.15, 0.2) is 6.10 Å². The number of rotatable bonds is 5. The molecule has 2 aromatic rings. The van der Waals surface area contributed by atoms with Crippen molar-refractivity contribution in [2.24, 2.45) is 0 Å². The highest BCUT2D eigenvalue weighted by molar-refractivity contribution is 6.30. The third-order valence-corrected chi connectivity index (χ3v) is 4.29. The lowest BCUT2D eigenvalue weighted by molar-refractivity contribution is -0.125. The van der Waals surface area contributed by atoms with Crippen molar-refractivity contribution in [1.82, 2.24) is 5.32 Å². The summed E-state index contributed by atoms with van der Waals surface area (Å²) in [7, 11) is 0. The second kappa shape index (κ2) is 7.57. The van der Waals surface area contributed by atoms with Gasteiger partial charge in [0, 0.05) is 24.5 Å². The van der Waals surface area contributed by atoms with Gasteiger partial charge in [-0.15, -0.1) is 0 Å². The van der Waals surface area contributed by atoms with Gasteiger partial charge in [-0.05, 0) is 36.8 Å². The molecule has 1 aliphatic heterocycles. The number of carbonyl (C=O) groups excluding carboxylic acids is 2. The van der Waals surface area contributed by atoms with Crippen molar-refractivity contribution >= 4 is 29.1 Å². The van der Waals surface area contributed by atoms with E-state index in [1.54, 1.807) is 24.0 Å². The molecule has 0 aromatic heterocycles. The third kappa shape index (κ3) is 4.12. The van der Waals surface area contributed by atoms with Crippen LogP contribution in [0.3, 0.4) is 0 Å². The van der Waals surface area contributed by atoms with Crippen LogP contribution in [-0.4, -0.2) is 24.5 Å². The fourth-order valence-electron chi connectivity index (χ4n) is 2.69. The summed E-state index contributed by atoms with van der Waals surface area (Å²) < 4.78 is 5.59. The van der Waals surface area contributed by atoms with Crippen LogP contribution in [0.1, 0.15) is 18.9 Å². The molecule has 0 spiro atoms. The Balaban J connectivity index is 1.58. The maximum Gasteiger partial charge on any atom is 0.267 e. The van der Waals surface area contributed by atoms with E-state index >= 15 is 0 Å². The van der Waals surface area contributed by atoms with Crippen molar-refractivity contribution in [2.45, 2.75) is 26.0 Å². The number of nitrogens with zero attached hydrogens (tertiary/aromatic N) is 1. The number of benzene rings is 2. The first kappa shape index (κ1) is 17.3. The first-order valence-corrected chi connectivity index (χ1v) is 8.50. The Labute approximate surface area is 151 Å². The van der Waals surface area contributed by atoms with Gasteiger partial charge in [0.25, 0.3) is 5.91 Å². The van der Waals surface area contributed by atoms with Crippen LogP contribution in [0.25, 0.3) is 0 Å². The van der Waals surface area contributed by atoms with Crippen LogP contribution in [-0.2, 0) is 16.1 Å². The molecule has 0 saturated carbocycles. The molecule has 1 aliphatic rings. The predicted octanol–water partition coefficient (Wildman–Crippen LogP) is 3.16. The average Bonchev–Trinajstić information content (AvgIpc) is 2.61. The molecule has 2 amide bonds. The third-order valence-electron chi connectivity index (χ3n) is 4.04. The maximum atomic E-state index is 12.4. The molecule has 0 saturated heterocycles. The van der Waals surface area contributed by atoms with Gasteiger partial charge in [0.1, 0.15) is 5.75 Å². The molecular weight excluding hydrogens is 340 g/mol. The SMILES string of the molecule is CC1Oc2ccccc2N(CCC(=O)NCc2ccc(Cl)cc2)C1=O. The van der Waals surface area contributed by atoms with Crippen molar-refractivity contribution in [3.05, 3.63) is 59.1 Å². The number of carbonyl (C=O) groups is 2. The first-order valence-electron chi connectivity index (χ1n) is 8.13. The molecular formula is C19H19ClN2O3. The molecule has 3 rings (SSSR count). The second-order valence-corrected chi connectivity index (χ2v) is 6.31. The summed E-state index contributed by atoms with van der Waals surface area (Å²) >= 11 is 5.84. The standard InChI is InChI=1S/C19H19ClN2O3/c1-13-19(24)22(16-4-2-3-5-17(16)25-13)11-10-18(23)21-12-14-6-8-15(20)9-7-14/h2-9,13H,10-12H2,1H3,(H,21,23). The molecule has 1 N–H and O–H groups in total. The van der Waals surface area contributed by atoms with Crippen LogP contribution >= 0.6 is 11.6 Å². The summed E-state index contributed by atoms with van der Waals surface area (Å²) in [6, 6.07) is 14.7. The predicted molar refractivity (Wildman–Crippen MR) is 96.8 cm³/mol. The average molecular weight is 359 g/mol. The zero-order chi connectivity index (χ0) is 17.8. The smallest absolute Gasteiger partial charge is 0.267 e. The molecule has 130 valence electrons. The van der Waals surface area contributed by atoms with E-state index in [0.29, 0.717) is 29.5 Å². The van der Waals surface area contributed by atoms with E-state index in [9.17, 15) is 9.59 Å². The molecule has 25 heavy (non-hydrogen) atoms. The summed E-state index contributed by atoms with van der Waals surface area (Å²) in [6.45, 7) is 2.46. The highest BCUT2D eigenvalue weighted by Crippen LogP contribution is 2.33. The zero-order valence-corrected chi connectivity index (χ0v) is 14.6. The van der Waals surface area contributed by atoms with Crippen LogP contribution in [0.4, 0.5) is 5.69 Å². The fraction of sp³-hybridized carbons (Fsp3) is 0.263. The monoisotopic (exact) mass is 358 g/mol. The highest BCUT2D eigenvalue weighted by Gasteiger charge is 2.31. The normalized spacial score (nSPS) is 16.2. The number of halogens is 1. The zero-order valence-electron chi connectivity index (χ0n) is 13.9. The van der Waals surface area contributed by atoms with Crippen LogP contribution in [0.2, 0.25) is 5.02 Å². The Kier molecular flexibility index (Phi) is 5.24. The molecule has 1 unspecified atom stereocenters. The van der Waals surface area contributed by atoms with E-state index in [-0.39, 0.29) is 18.2 Å². The summed E-state index contributed by atoms with van der Waals surface area (Å²) in [5, 5.41) is 3.52. The Bertz CT molecular complexity index is 776. The van der Waals surface area contributed by atoms with Crippen LogP contribution in [0, 0.1) is 0 Å². The Hall–Kier alpha value is -2.53. The number of fused-ring (bicyclic) bond motifs is 1. The number of anilines is 1. The minimum atomic E-state index is -0.549. The number of para-hydroxylation sites is 2. The van der Waals surface area contributed by atoms with Crippen molar-refractivity contribution in [3.8, 4) is 5.75 Å². The summed E-state index contributed by atoms with van der Waals surface area (Å²) in [4.78, 5) is 26.1. The van der Waals surface area contributed by atoms with Crippen molar-refractivity contribution in [2.75, 3.05) is 11.4 Å². The van der Waals surface area contributed by atoms with Gasteiger partial charge in [-0.2, -0.15) is 0 Å². The lowest BCUT2D eigenvalue weighted by Crippen LogP contribution is -2.45. The second-order valence-electron chi connectivity index (χ2n) is 5.87. The van der Waals surface area contributed by atoms with Crippen molar-refractivity contribution < 1.29 is 14.3 Å². The Morgan fingerprint density at radius 2 is 1.92 bits per heavy atom. The number of nitrogens with one attached hydrogen (secondary N) is 1. The van der Waals surface area contributed by atoms with E-state index in [2.05, 4.69) is 5.32 Å². The quantitative estimate of drug-likeness (QED) is 0.893. The number of ether oxygens (including phenoxy) is 1. The molecule has 1 heterocycles. The molecule has 6 heteroatoms.